The van der Waals surface area contributed by atoms with Crippen molar-refractivity contribution < 1.29 is 9.53 Å². The first-order valence-electron chi connectivity index (χ1n) is 6.05. The van der Waals surface area contributed by atoms with Crippen molar-refractivity contribution in [2.24, 2.45) is 0 Å². The SMILES string of the molecule is CN(CCOC(=O)c1ccc(Cl)cc1Cl)C(C)(C)C. The van der Waals surface area contributed by atoms with Crippen molar-refractivity contribution in [2.75, 3.05) is 20.2 Å². The number of carbonyl (C=O) groups is 1. The van der Waals surface area contributed by atoms with Gasteiger partial charge in [0.15, 0.2) is 0 Å². The maximum atomic E-state index is 11.8. The number of hydrogen-bond acceptors (Lipinski definition) is 3. The highest BCUT2D eigenvalue weighted by Gasteiger charge is 2.17. The van der Waals surface area contributed by atoms with Gasteiger partial charge in [-0.3, -0.25) is 4.90 Å². The van der Waals surface area contributed by atoms with Gasteiger partial charge in [0.05, 0.1) is 10.6 Å². The molecule has 3 nitrogen and oxygen atoms in total. The molecule has 19 heavy (non-hydrogen) atoms. The van der Waals surface area contributed by atoms with Crippen LogP contribution in [0.4, 0.5) is 0 Å². The van der Waals surface area contributed by atoms with Crippen molar-refractivity contribution in [2.45, 2.75) is 26.3 Å². The van der Waals surface area contributed by atoms with Crippen LogP contribution < -0.4 is 0 Å². The summed E-state index contributed by atoms with van der Waals surface area (Å²) in [5, 5.41) is 0.802. The van der Waals surface area contributed by atoms with E-state index in [4.69, 9.17) is 27.9 Å². The van der Waals surface area contributed by atoms with Gasteiger partial charge in [0.2, 0.25) is 0 Å². The summed E-state index contributed by atoms with van der Waals surface area (Å²) in [7, 11) is 1.99. The minimum absolute atomic E-state index is 0.0460. The molecule has 0 bridgehead atoms. The summed E-state index contributed by atoms with van der Waals surface area (Å²) in [6.07, 6.45) is 0. The molecule has 0 saturated carbocycles. The minimum atomic E-state index is -0.427. The normalized spacial score (nSPS) is 11.7. The second-order valence-corrected chi connectivity index (χ2v) is 6.20. The van der Waals surface area contributed by atoms with Gasteiger partial charge >= 0.3 is 5.97 Å². The van der Waals surface area contributed by atoms with Crippen LogP contribution in [0.5, 0.6) is 0 Å². The Kier molecular flexibility index (Phi) is 5.65. The topological polar surface area (TPSA) is 29.5 Å². The molecular weight excluding hydrogens is 285 g/mol. The third-order valence-corrected chi connectivity index (χ3v) is 3.50. The number of halogens is 2. The molecular formula is C14H19Cl2NO2. The van der Waals surface area contributed by atoms with E-state index in [9.17, 15) is 4.79 Å². The lowest BCUT2D eigenvalue weighted by atomic mass is 10.1. The zero-order valence-electron chi connectivity index (χ0n) is 11.7. The van der Waals surface area contributed by atoms with Gasteiger partial charge in [-0.05, 0) is 46.0 Å². The van der Waals surface area contributed by atoms with E-state index < -0.39 is 5.97 Å². The number of rotatable bonds is 4. The van der Waals surface area contributed by atoms with E-state index in [1.54, 1.807) is 12.1 Å². The van der Waals surface area contributed by atoms with E-state index in [-0.39, 0.29) is 5.54 Å². The van der Waals surface area contributed by atoms with Crippen LogP contribution in [-0.2, 0) is 4.74 Å². The number of hydrogen-bond donors (Lipinski definition) is 0. The average molecular weight is 304 g/mol. The monoisotopic (exact) mass is 303 g/mol. The quantitative estimate of drug-likeness (QED) is 0.791. The number of ether oxygens (including phenoxy) is 1. The fourth-order valence-electron chi connectivity index (χ4n) is 1.34. The second-order valence-electron chi connectivity index (χ2n) is 5.35. The van der Waals surface area contributed by atoms with E-state index in [1.165, 1.54) is 6.07 Å². The summed E-state index contributed by atoms with van der Waals surface area (Å²) in [5.41, 5.74) is 0.383. The molecule has 106 valence electrons. The van der Waals surface area contributed by atoms with Gasteiger partial charge in [0.1, 0.15) is 6.61 Å². The fourth-order valence-corrected chi connectivity index (χ4v) is 1.83. The molecule has 0 fully saturated rings. The molecule has 0 radical (unpaired) electrons. The highest BCUT2D eigenvalue weighted by Crippen LogP contribution is 2.21. The third-order valence-electron chi connectivity index (χ3n) is 2.96. The summed E-state index contributed by atoms with van der Waals surface area (Å²) in [5.74, 6) is -0.427. The Labute approximate surface area is 124 Å². The van der Waals surface area contributed by atoms with Crippen molar-refractivity contribution in [1.82, 2.24) is 4.90 Å². The van der Waals surface area contributed by atoms with Crippen molar-refractivity contribution in [3.63, 3.8) is 0 Å². The lowest BCUT2D eigenvalue weighted by molar-refractivity contribution is 0.0424. The van der Waals surface area contributed by atoms with Crippen LogP contribution in [0.3, 0.4) is 0 Å². The Morgan fingerprint density at radius 3 is 2.47 bits per heavy atom. The Morgan fingerprint density at radius 2 is 1.95 bits per heavy atom. The fraction of sp³-hybridized carbons (Fsp3) is 0.500. The molecule has 0 unspecified atom stereocenters. The second kappa shape index (κ2) is 6.60. The van der Waals surface area contributed by atoms with Gasteiger partial charge in [-0.25, -0.2) is 4.79 Å². The molecule has 0 aliphatic rings. The minimum Gasteiger partial charge on any atom is -0.461 e. The first-order valence-corrected chi connectivity index (χ1v) is 6.81. The maximum absolute atomic E-state index is 11.8. The molecule has 1 rings (SSSR count). The van der Waals surface area contributed by atoms with E-state index in [1.807, 2.05) is 7.05 Å². The molecule has 0 amide bonds. The summed E-state index contributed by atoms with van der Waals surface area (Å²) in [6, 6.07) is 4.72. The number of nitrogens with zero attached hydrogens (tertiary/aromatic N) is 1. The van der Waals surface area contributed by atoms with Crippen LogP contribution in [0.2, 0.25) is 10.0 Å². The molecule has 0 aliphatic heterocycles. The van der Waals surface area contributed by atoms with Crippen LogP contribution in [-0.4, -0.2) is 36.6 Å². The van der Waals surface area contributed by atoms with Crippen molar-refractivity contribution in [3.8, 4) is 0 Å². The zero-order chi connectivity index (χ0) is 14.6. The summed E-state index contributed by atoms with van der Waals surface area (Å²) in [6.45, 7) is 7.30. The lowest BCUT2D eigenvalue weighted by Crippen LogP contribution is -2.40. The Balaban J connectivity index is 2.52. The lowest BCUT2D eigenvalue weighted by Gasteiger charge is -2.31. The number of likely N-dealkylation sites (N-methyl/N-ethyl adjacent to an activating group) is 1. The number of carbonyl (C=O) groups excluding carboxylic acids is 1. The Hall–Kier alpha value is -0.770. The summed E-state index contributed by atoms with van der Waals surface area (Å²) < 4.78 is 5.21. The molecule has 0 aromatic heterocycles. The molecule has 0 saturated heterocycles. The first kappa shape index (κ1) is 16.3. The van der Waals surface area contributed by atoms with E-state index in [0.717, 1.165) is 0 Å². The van der Waals surface area contributed by atoms with Gasteiger partial charge in [-0.15, -0.1) is 0 Å². The molecule has 0 heterocycles. The molecule has 0 atom stereocenters. The highest BCUT2D eigenvalue weighted by atomic mass is 35.5. The van der Waals surface area contributed by atoms with Gasteiger partial charge in [-0.1, -0.05) is 23.2 Å². The van der Waals surface area contributed by atoms with Crippen molar-refractivity contribution in [3.05, 3.63) is 33.8 Å². The predicted molar refractivity (Wildman–Crippen MR) is 79.1 cm³/mol. The molecule has 1 aromatic carbocycles. The van der Waals surface area contributed by atoms with Crippen LogP contribution >= 0.6 is 23.2 Å². The maximum Gasteiger partial charge on any atom is 0.339 e. The first-order chi connectivity index (χ1) is 8.71. The standard InChI is InChI=1S/C14H19Cl2NO2/c1-14(2,3)17(4)7-8-19-13(18)11-6-5-10(15)9-12(11)16/h5-6,9H,7-8H2,1-4H3. The summed E-state index contributed by atoms with van der Waals surface area (Å²) in [4.78, 5) is 14.0. The van der Waals surface area contributed by atoms with E-state index in [0.29, 0.717) is 28.8 Å². The summed E-state index contributed by atoms with van der Waals surface area (Å²) >= 11 is 11.7. The van der Waals surface area contributed by atoms with Gasteiger partial charge in [-0.2, -0.15) is 0 Å². The largest absolute Gasteiger partial charge is 0.461 e. The molecule has 0 spiro atoms. The molecule has 0 N–H and O–H groups in total. The van der Waals surface area contributed by atoms with Crippen LogP contribution in [0.15, 0.2) is 18.2 Å². The number of benzene rings is 1. The van der Waals surface area contributed by atoms with Crippen LogP contribution in [0, 0.1) is 0 Å². The highest BCUT2D eigenvalue weighted by molar-refractivity contribution is 6.36. The molecule has 1 aromatic rings. The van der Waals surface area contributed by atoms with E-state index >= 15 is 0 Å². The average Bonchev–Trinajstić information content (AvgIpc) is 2.27. The molecule has 0 aliphatic carbocycles. The van der Waals surface area contributed by atoms with Crippen LogP contribution in [0.1, 0.15) is 31.1 Å². The van der Waals surface area contributed by atoms with Gasteiger partial charge in [0, 0.05) is 17.1 Å². The smallest absolute Gasteiger partial charge is 0.339 e. The number of esters is 1. The zero-order valence-corrected chi connectivity index (χ0v) is 13.2. The third kappa shape index (κ3) is 5.01. The van der Waals surface area contributed by atoms with Crippen LogP contribution in [0.25, 0.3) is 0 Å². The Bertz CT molecular complexity index is 455. The Morgan fingerprint density at radius 1 is 1.32 bits per heavy atom. The van der Waals surface area contributed by atoms with E-state index in [2.05, 4.69) is 25.7 Å². The van der Waals surface area contributed by atoms with Gasteiger partial charge < -0.3 is 4.74 Å². The van der Waals surface area contributed by atoms with Crippen molar-refractivity contribution >= 4 is 29.2 Å². The van der Waals surface area contributed by atoms with Gasteiger partial charge in [0.25, 0.3) is 0 Å². The predicted octanol–water partition coefficient (Wildman–Crippen LogP) is 3.88. The molecule has 5 heteroatoms. The van der Waals surface area contributed by atoms with Crippen molar-refractivity contribution in [1.29, 1.82) is 0 Å².